The highest BCUT2D eigenvalue weighted by molar-refractivity contribution is 5.81. The Labute approximate surface area is 122 Å². The molecule has 21 heavy (non-hydrogen) atoms. The molecule has 0 bridgehead atoms. The first kappa shape index (κ1) is 13.4. The third kappa shape index (κ3) is 2.80. The van der Waals surface area contributed by atoms with Crippen LogP contribution in [0.4, 0.5) is 5.69 Å². The zero-order valence-corrected chi connectivity index (χ0v) is 11.5. The fourth-order valence-corrected chi connectivity index (χ4v) is 2.31. The number of nitrogens with zero attached hydrogens (tertiary/aromatic N) is 1. The molecule has 3 aromatic rings. The maximum Gasteiger partial charge on any atom is 0.276 e. The Hall–Kier alpha value is -2.59. The Bertz CT molecular complexity index is 810. The third-order valence-corrected chi connectivity index (χ3v) is 3.36. The minimum atomic E-state index is -0.221. The van der Waals surface area contributed by atoms with E-state index in [4.69, 9.17) is 10.5 Å². The van der Waals surface area contributed by atoms with Gasteiger partial charge in [0.25, 0.3) is 5.56 Å². The van der Waals surface area contributed by atoms with Gasteiger partial charge in [0.1, 0.15) is 6.73 Å². The average molecular weight is 280 g/mol. The van der Waals surface area contributed by atoms with Gasteiger partial charge in [-0.3, -0.25) is 9.36 Å². The minimum Gasteiger partial charge on any atom is -0.394 e. The second-order valence-electron chi connectivity index (χ2n) is 4.85. The van der Waals surface area contributed by atoms with Crippen molar-refractivity contribution in [1.29, 1.82) is 0 Å². The molecule has 0 unspecified atom stereocenters. The first-order valence-electron chi connectivity index (χ1n) is 6.75. The fourth-order valence-electron chi connectivity index (χ4n) is 2.31. The molecular weight excluding hydrogens is 264 g/mol. The van der Waals surface area contributed by atoms with E-state index in [0.29, 0.717) is 6.61 Å². The van der Waals surface area contributed by atoms with Gasteiger partial charge in [-0.1, -0.05) is 48.5 Å². The standard InChI is InChI=1S/C17H16N2O2/c18-15-10-14-8-4-5-9-16(14)19(17(15)20)12-21-11-13-6-2-1-3-7-13/h1-10H,11-12,18H2. The van der Waals surface area contributed by atoms with Crippen LogP contribution in [0.1, 0.15) is 5.56 Å². The van der Waals surface area contributed by atoms with Crippen LogP contribution in [0.2, 0.25) is 0 Å². The molecule has 106 valence electrons. The van der Waals surface area contributed by atoms with Crippen LogP contribution in [-0.4, -0.2) is 4.57 Å². The predicted molar refractivity (Wildman–Crippen MR) is 83.9 cm³/mol. The second kappa shape index (κ2) is 5.81. The van der Waals surface area contributed by atoms with Crippen molar-refractivity contribution in [1.82, 2.24) is 4.57 Å². The summed E-state index contributed by atoms with van der Waals surface area (Å²) in [5.41, 5.74) is 7.69. The summed E-state index contributed by atoms with van der Waals surface area (Å²) in [5.74, 6) is 0. The number of hydrogen-bond acceptors (Lipinski definition) is 3. The molecule has 0 fully saturated rings. The number of rotatable bonds is 4. The molecule has 2 N–H and O–H groups in total. The van der Waals surface area contributed by atoms with Gasteiger partial charge in [-0.15, -0.1) is 0 Å². The predicted octanol–water partition coefficient (Wildman–Crippen LogP) is 2.76. The van der Waals surface area contributed by atoms with Gasteiger partial charge in [-0.25, -0.2) is 0 Å². The van der Waals surface area contributed by atoms with Gasteiger partial charge in [0.05, 0.1) is 17.8 Å². The molecule has 0 radical (unpaired) electrons. The molecule has 0 atom stereocenters. The summed E-state index contributed by atoms with van der Waals surface area (Å²) < 4.78 is 7.22. The number of benzene rings is 2. The van der Waals surface area contributed by atoms with Crippen LogP contribution in [0.3, 0.4) is 0 Å². The quantitative estimate of drug-likeness (QED) is 0.799. The molecular formula is C17H16N2O2. The van der Waals surface area contributed by atoms with Crippen LogP contribution < -0.4 is 11.3 Å². The lowest BCUT2D eigenvalue weighted by molar-refractivity contribution is 0.0647. The molecule has 0 saturated heterocycles. The zero-order chi connectivity index (χ0) is 14.7. The third-order valence-electron chi connectivity index (χ3n) is 3.36. The lowest BCUT2D eigenvalue weighted by Crippen LogP contribution is -2.24. The van der Waals surface area contributed by atoms with Crippen molar-refractivity contribution in [3.05, 3.63) is 76.6 Å². The number of para-hydroxylation sites is 1. The Morgan fingerprint density at radius 3 is 2.52 bits per heavy atom. The van der Waals surface area contributed by atoms with Gasteiger partial charge in [0, 0.05) is 5.39 Å². The summed E-state index contributed by atoms with van der Waals surface area (Å²) in [6, 6.07) is 19.2. The van der Waals surface area contributed by atoms with E-state index in [1.54, 1.807) is 10.6 Å². The number of anilines is 1. The number of fused-ring (bicyclic) bond motifs is 1. The molecule has 1 heterocycles. The summed E-state index contributed by atoms with van der Waals surface area (Å²) >= 11 is 0. The van der Waals surface area contributed by atoms with Crippen molar-refractivity contribution in [3.63, 3.8) is 0 Å². The number of ether oxygens (including phenoxy) is 1. The minimum absolute atomic E-state index is 0.180. The van der Waals surface area contributed by atoms with E-state index in [-0.39, 0.29) is 18.0 Å². The lowest BCUT2D eigenvalue weighted by atomic mass is 10.2. The molecule has 4 heteroatoms. The Kier molecular flexibility index (Phi) is 3.71. The van der Waals surface area contributed by atoms with Crippen molar-refractivity contribution in [2.75, 3.05) is 5.73 Å². The fraction of sp³-hybridized carbons (Fsp3) is 0.118. The first-order valence-corrected chi connectivity index (χ1v) is 6.75. The molecule has 4 nitrogen and oxygen atoms in total. The van der Waals surface area contributed by atoms with Crippen LogP contribution in [0.15, 0.2) is 65.5 Å². The summed E-state index contributed by atoms with van der Waals surface area (Å²) in [5, 5.41) is 0.929. The normalized spacial score (nSPS) is 10.9. The number of pyridine rings is 1. The van der Waals surface area contributed by atoms with Crippen LogP contribution in [0.5, 0.6) is 0 Å². The molecule has 0 spiro atoms. The van der Waals surface area contributed by atoms with Crippen molar-refractivity contribution in [2.45, 2.75) is 13.3 Å². The molecule has 3 rings (SSSR count). The van der Waals surface area contributed by atoms with Gasteiger partial charge >= 0.3 is 0 Å². The largest absolute Gasteiger partial charge is 0.394 e. The molecule has 0 saturated carbocycles. The highest BCUT2D eigenvalue weighted by Gasteiger charge is 2.06. The van der Waals surface area contributed by atoms with Crippen molar-refractivity contribution in [2.24, 2.45) is 0 Å². The summed E-state index contributed by atoms with van der Waals surface area (Å²) in [4.78, 5) is 12.2. The van der Waals surface area contributed by atoms with E-state index in [1.165, 1.54) is 0 Å². The van der Waals surface area contributed by atoms with E-state index in [2.05, 4.69) is 0 Å². The van der Waals surface area contributed by atoms with Crippen LogP contribution in [0, 0.1) is 0 Å². The first-order chi connectivity index (χ1) is 10.3. The van der Waals surface area contributed by atoms with E-state index in [9.17, 15) is 4.79 Å². The molecule has 0 aliphatic rings. The van der Waals surface area contributed by atoms with Crippen LogP contribution in [-0.2, 0) is 18.1 Å². The van der Waals surface area contributed by atoms with E-state index in [1.807, 2.05) is 54.6 Å². The van der Waals surface area contributed by atoms with Crippen LogP contribution >= 0.6 is 0 Å². The van der Waals surface area contributed by atoms with Gasteiger partial charge < -0.3 is 10.5 Å². The number of nitrogens with two attached hydrogens (primary N) is 1. The number of hydrogen-bond donors (Lipinski definition) is 1. The molecule has 2 aromatic carbocycles. The van der Waals surface area contributed by atoms with Gasteiger partial charge in [-0.05, 0) is 17.7 Å². The summed E-state index contributed by atoms with van der Waals surface area (Å²) in [6.07, 6.45) is 0. The summed E-state index contributed by atoms with van der Waals surface area (Å²) in [7, 11) is 0. The van der Waals surface area contributed by atoms with Crippen molar-refractivity contribution >= 4 is 16.6 Å². The van der Waals surface area contributed by atoms with Gasteiger partial charge in [-0.2, -0.15) is 0 Å². The van der Waals surface area contributed by atoms with Gasteiger partial charge in [0.15, 0.2) is 0 Å². The molecule has 1 aromatic heterocycles. The molecule has 0 amide bonds. The Balaban J connectivity index is 1.86. The monoisotopic (exact) mass is 280 g/mol. The Morgan fingerprint density at radius 2 is 1.71 bits per heavy atom. The second-order valence-corrected chi connectivity index (χ2v) is 4.85. The summed E-state index contributed by atoms with van der Waals surface area (Å²) in [6.45, 7) is 0.635. The maximum absolute atomic E-state index is 12.2. The van der Waals surface area contributed by atoms with E-state index >= 15 is 0 Å². The Morgan fingerprint density at radius 1 is 1.00 bits per heavy atom. The smallest absolute Gasteiger partial charge is 0.276 e. The SMILES string of the molecule is Nc1cc2ccccc2n(COCc2ccccc2)c1=O. The highest BCUT2D eigenvalue weighted by Crippen LogP contribution is 2.14. The number of nitrogen functional groups attached to an aromatic ring is 1. The number of aromatic nitrogens is 1. The maximum atomic E-state index is 12.2. The van der Waals surface area contributed by atoms with E-state index in [0.717, 1.165) is 16.5 Å². The van der Waals surface area contributed by atoms with Crippen molar-refractivity contribution < 1.29 is 4.74 Å². The topological polar surface area (TPSA) is 57.2 Å². The highest BCUT2D eigenvalue weighted by atomic mass is 16.5. The van der Waals surface area contributed by atoms with Crippen LogP contribution in [0.25, 0.3) is 10.9 Å². The lowest BCUT2D eigenvalue weighted by Gasteiger charge is -2.12. The van der Waals surface area contributed by atoms with Crippen molar-refractivity contribution in [3.8, 4) is 0 Å². The molecule has 0 aliphatic carbocycles. The average Bonchev–Trinajstić information content (AvgIpc) is 2.52. The van der Waals surface area contributed by atoms with Gasteiger partial charge in [0.2, 0.25) is 0 Å². The molecule has 0 aliphatic heterocycles. The zero-order valence-electron chi connectivity index (χ0n) is 11.5. The van der Waals surface area contributed by atoms with E-state index < -0.39 is 0 Å².